The number of benzene rings is 6. The molecule has 0 radical (unpaired) electrons. The average molecular weight is 485 g/mol. The highest BCUT2D eigenvalue weighted by Crippen LogP contribution is 2.37. The summed E-state index contributed by atoms with van der Waals surface area (Å²) >= 11 is 0. The predicted octanol–water partition coefficient (Wildman–Crippen LogP) is 9.61. The highest BCUT2D eigenvalue weighted by molar-refractivity contribution is 6.24. The quantitative estimate of drug-likeness (QED) is 0.223. The second-order valence-corrected chi connectivity index (χ2v) is 10.1. The highest BCUT2D eigenvalue weighted by atomic mass is 15.0. The first-order valence-corrected chi connectivity index (χ1v) is 13.1. The standard InChI is InChI=1S/C36H24N2/c1-23-17-20-35-32(21-23)29-14-6-7-16-34(29)38(35)25-10-8-9-24(22-25)33-19-18-31-28-13-3-2-11-26(28)27-12-4-5-15-30(27)36(31)37-33/h2-22H,1H3. The van der Waals surface area contributed by atoms with Crippen molar-refractivity contribution in [1.29, 1.82) is 0 Å². The van der Waals surface area contributed by atoms with Crippen molar-refractivity contribution in [1.82, 2.24) is 9.55 Å². The highest BCUT2D eigenvalue weighted by Gasteiger charge is 2.14. The molecule has 0 aliphatic heterocycles. The van der Waals surface area contributed by atoms with Gasteiger partial charge in [0.25, 0.3) is 0 Å². The Balaban J connectivity index is 1.37. The third-order valence-corrected chi connectivity index (χ3v) is 7.81. The molecular weight excluding hydrogens is 460 g/mol. The Morgan fingerprint density at radius 3 is 1.89 bits per heavy atom. The molecule has 2 heteroatoms. The van der Waals surface area contributed by atoms with Crippen LogP contribution < -0.4 is 0 Å². The Labute approximate surface area is 220 Å². The van der Waals surface area contributed by atoms with E-state index in [-0.39, 0.29) is 0 Å². The molecule has 0 unspecified atom stereocenters. The molecule has 6 aromatic carbocycles. The third-order valence-electron chi connectivity index (χ3n) is 7.81. The fourth-order valence-electron chi connectivity index (χ4n) is 6.09. The van der Waals surface area contributed by atoms with Gasteiger partial charge >= 0.3 is 0 Å². The van der Waals surface area contributed by atoms with E-state index in [1.54, 1.807) is 0 Å². The van der Waals surface area contributed by atoms with Crippen molar-refractivity contribution in [2.45, 2.75) is 6.92 Å². The Kier molecular flexibility index (Phi) is 4.47. The molecule has 178 valence electrons. The van der Waals surface area contributed by atoms with Crippen molar-refractivity contribution < 1.29 is 0 Å². The number of nitrogens with zero attached hydrogens (tertiary/aromatic N) is 2. The SMILES string of the molecule is Cc1ccc2c(c1)c1ccccc1n2-c1cccc(-c2ccc3c4ccccc4c4ccccc4c3n2)c1. The number of fused-ring (bicyclic) bond motifs is 9. The summed E-state index contributed by atoms with van der Waals surface area (Å²) in [5, 5.41) is 8.71. The Morgan fingerprint density at radius 2 is 1.11 bits per heavy atom. The van der Waals surface area contributed by atoms with Crippen LogP contribution in [0.25, 0.3) is 71.2 Å². The summed E-state index contributed by atoms with van der Waals surface area (Å²) in [6.45, 7) is 2.16. The molecule has 0 saturated carbocycles. The van der Waals surface area contributed by atoms with Crippen LogP contribution in [-0.4, -0.2) is 9.55 Å². The van der Waals surface area contributed by atoms with Gasteiger partial charge in [0.2, 0.25) is 0 Å². The zero-order valence-corrected chi connectivity index (χ0v) is 21.0. The summed E-state index contributed by atoms with van der Waals surface area (Å²) < 4.78 is 2.37. The molecule has 38 heavy (non-hydrogen) atoms. The Morgan fingerprint density at radius 1 is 0.474 bits per heavy atom. The fourth-order valence-corrected chi connectivity index (χ4v) is 6.09. The summed E-state index contributed by atoms with van der Waals surface area (Å²) in [6, 6.07) is 45.8. The van der Waals surface area contributed by atoms with E-state index < -0.39 is 0 Å². The molecular formula is C36H24N2. The minimum atomic E-state index is 0.983. The van der Waals surface area contributed by atoms with Crippen LogP contribution in [0.3, 0.4) is 0 Å². The number of aromatic nitrogens is 2. The normalized spacial score (nSPS) is 11.8. The fraction of sp³-hybridized carbons (Fsp3) is 0.0278. The smallest absolute Gasteiger partial charge is 0.0794 e. The van der Waals surface area contributed by atoms with Gasteiger partial charge in [-0.2, -0.15) is 0 Å². The molecule has 2 nitrogen and oxygen atoms in total. The van der Waals surface area contributed by atoms with E-state index in [0.717, 1.165) is 22.5 Å². The molecule has 2 heterocycles. The van der Waals surface area contributed by atoms with E-state index in [0.29, 0.717) is 0 Å². The van der Waals surface area contributed by atoms with Crippen molar-refractivity contribution >= 4 is 54.3 Å². The van der Waals surface area contributed by atoms with Gasteiger partial charge in [-0.25, -0.2) is 4.98 Å². The topological polar surface area (TPSA) is 17.8 Å². The number of hydrogen-bond acceptors (Lipinski definition) is 1. The molecule has 8 aromatic rings. The zero-order chi connectivity index (χ0) is 25.2. The van der Waals surface area contributed by atoms with Gasteiger partial charge in [0.05, 0.1) is 22.2 Å². The minimum Gasteiger partial charge on any atom is -0.309 e. The number of para-hydroxylation sites is 1. The largest absolute Gasteiger partial charge is 0.309 e. The van der Waals surface area contributed by atoms with Crippen molar-refractivity contribution in [3.63, 3.8) is 0 Å². The molecule has 0 spiro atoms. The van der Waals surface area contributed by atoms with Crippen LogP contribution in [-0.2, 0) is 0 Å². The number of pyridine rings is 1. The van der Waals surface area contributed by atoms with Gasteiger partial charge in [-0.3, -0.25) is 0 Å². The maximum Gasteiger partial charge on any atom is 0.0794 e. The molecule has 0 amide bonds. The second kappa shape index (κ2) is 8.03. The lowest BCUT2D eigenvalue weighted by atomic mass is 9.96. The first-order chi connectivity index (χ1) is 18.8. The molecule has 0 bridgehead atoms. The lowest BCUT2D eigenvalue weighted by Gasteiger charge is -2.12. The molecule has 0 aliphatic rings. The monoisotopic (exact) mass is 484 g/mol. The van der Waals surface area contributed by atoms with Crippen LogP contribution >= 0.6 is 0 Å². The lowest BCUT2D eigenvalue weighted by Crippen LogP contribution is -1.95. The van der Waals surface area contributed by atoms with E-state index >= 15 is 0 Å². The molecule has 0 saturated heterocycles. The van der Waals surface area contributed by atoms with Crippen molar-refractivity contribution in [3.8, 4) is 16.9 Å². The van der Waals surface area contributed by atoms with Crippen LogP contribution in [0.2, 0.25) is 0 Å². The van der Waals surface area contributed by atoms with Gasteiger partial charge in [-0.05, 0) is 65.5 Å². The zero-order valence-electron chi connectivity index (χ0n) is 21.0. The van der Waals surface area contributed by atoms with Crippen molar-refractivity contribution in [2.24, 2.45) is 0 Å². The van der Waals surface area contributed by atoms with Crippen LogP contribution in [0.1, 0.15) is 5.56 Å². The van der Waals surface area contributed by atoms with Crippen LogP contribution in [0.15, 0.2) is 127 Å². The maximum absolute atomic E-state index is 5.27. The van der Waals surface area contributed by atoms with E-state index in [1.807, 2.05) is 0 Å². The average Bonchev–Trinajstić information content (AvgIpc) is 3.31. The predicted molar refractivity (Wildman–Crippen MR) is 161 cm³/mol. The van der Waals surface area contributed by atoms with Crippen molar-refractivity contribution in [2.75, 3.05) is 0 Å². The van der Waals surface area contributed by atoms with Gasteiger partial charge in [0.15, 0.2) is 0 Å². The van der Waals surface area contributed by atoms with Gasteiger partial charge in [-0.1, -0.05) is 90.5 Å². The van der Waals surface area contributed by atoms with E-state index in [2.05, 4.69) is 139 Å². The van der Waals surface area contributed by atoms with Crippen LogP contribution in [0, 0.1) is 6.92 Å². The Hall–Kier alpha value is -4.95. The van der Waals surface area contributed by atoms with Crippen LogP contribution in [0.5, 0.6) is 0 Å². The van der Waals surface area contributed by atoms with Crippen LogP contribution in [0.4, 0.5) is 0 Å². The number of rotatable bonds is 2. The van der Waals surface area contributed by atoms with E-state index in [9.17, 15) is 0 Å². The van der Waals surface area contributed by atoms with Crippen molar-refractivity contribution in [3.05, 3.63) is 133 Å². The van der Waals surface area contributed by atoms with Gasteiger partial charge < -0.3 is 4.57 Å². The van der Waals surface area contributed by atoms with Gasteiger partial charge in [0.1, 0.15) is 0 Å². The minimum absolute atomic E-state index is 0.983. The van der Waals surface area contributed by atoms with E-state index in [4.69, 9.17) is 4.98 Å². The first kappa shape index (κ1) is 21.2. The summed E-state index contributed by atoms with van der Waals surface area (Å²) in [5.74, 6) is 0. The summed E-state index contributed by atoms with van der Waals surface area (Å²) in [5.41, 5.74) is 8.00. The summed E-state index contributed by atoms with van der Waals surface area (Å²) in [6.07, 6.45) is 0. The molecule has 0 aliphatic carbocycles. The van der Waals surface area contributed by atoms with E-state index in [1.165, 1.54) is 54.3 Å². The molecule has 0 atom stereocenters. The first-order valence-electron chi connectivity index (χ1n) is 13.1. The molecule has 0 N–H and O–H groups in total. The molecule has 8 rings (SSSR count). The molecule has 2 aromatic heterocycles. The van der Waals surface area contributed by atoms with Gasteiger partial charge in [-0.15, -0.1) is 0 Å². The maximum atomic E-state index is 5.27. The number of hydrogen-bond donors (Lipinski definition) is 0. The summed E-state index contributed by atoms with van der Waals surface area (Å²) in [4.78, 5) is 5.27. The molecule has 0 fully saturated rings. The second-order valence-electron chi connectivity index (χ2n) is 10.1. The summed E-state index contributed by atoms with van der Waals surface area (Å²) in [7, 11) is 0. The third kappa shape index (κ3) is 3.04. The van der Waals surface area contributed by atoms with Gasteiger partial charge in [0, 0.05) is 32.8 Å². The Bertz CT molecular complexity index is 2170. The number of aryl methyl sites for hydroxylation is 1. The lowest BCUT2D eigenvalue weighted by molar-refractivity contribution is 1.18.